The number of piperidine rings is 2. The van der Waals surface area contributed by atoms with Gasteiger partial charge in [0.2, 0.25) is 11.8 Å². The molecule has 0 unspecified atom stereocenters. The summed E-state index contributed by atoms with van der Waals surface area (Å²) in [7, 11) is 1.68. The van der Waals surface area contributed by atoms with Crippen molar-refractivity contribution >= 4 is 11.8 Å². The Hall–Kier alpha value is -2.00. The normalized spacial score (nSPS) is 24.3. The molecular formula is C17H27N5O4. The van der Waals surface area contributed by atoms with E-state index in [1.807, 2.05) is 4.90 Å². The largest absolute Gasteiger partial charge is 0.385 e. The number of carbonyl (C=O) groups excluding carboxylic acids is 2. The van der Waals surface area contributed by atoms with E-state index in [1.54, 1.807) is 7.11 Å². The molecule has 0 bridgehead atoms. The molecule has 3 heterocycles. The highest BCUT2D eigenvalue weighted by Crippen LogP contribution is 2.39. The van der Waals surface area contributed by atoms with Gasteiger partial charge in [0.25, 0.3) is 11.7 Å². The van der Waals surface area contributed by atoms with Crippen LogP contribution in [0.1, 0.15) is 48.6 Å². The topological polar surface area (TPSA) is 115 Å². The molecule has 0 aliphatic carbocycles. The van der Waals surface area contributed by atoms with Crippen LogP contribution in [-0.2, 0) is 16.1 Å². The summed E-state index contributed by atoms with van der Waals surface area (Å²) < 4.78 is 10.2. The maximum atomic E-state index is 12.2. The standard InChI is InChI=1S/C17H27N5O4/c1-25-9-3-8-22-12-17(6-4-14(22)23)5-2-7-21(11-17)10-13-19-16(15(18)24)20-26-13/h2-12H2,1H3,(H2,18,24)/t17-/m0/s1. The summed E-state index contributed by atoms with van der Waals surface area (Å²) in [6, 6.07) is 0. The van der Waals surface area contributed by atoms with Crippen LogP contribution in [0.5, 0.6) is 0 Å². The summed E-state index contributed by atoms with van der Waals surface area (Å²) in [4.78, 5) is 31.6. The van der Waals surface area contributed by atoms with Crippen molar-refractivity contribution in [2.75, 3.05) is 39.9 Å². The molecule has 1 aromatic rings. The van der Waals surface area contributed by atoms with E-state index >= 15 is 0 Å². The van der Waals surface area contributed by atoms with Gasteiger partial charge in [-0.15, -0.1) is 0 Å². The lowest BCUT2D eigenvalue weighted by Crippen LogP contribution is -2.54. The molecule has 2 fully saturated rings. The molecule has 3 rings (SSSR count). The molecule has 9 nitrogen and oxygen atoms in total. The van der Waals surface area contributed by atoms with Gasteiger partial charge in [0.1, 0.15) is 0 Å². The highest BCUT2D eigenvalue weighted by atomic mass is 16.5. The average molecular weight is 365 g/mol. The Morgan fingerprint density at radius 2 is 2.23 bits per heavy atom. The molecule has 26 heavy (non-hydrogen) atoms. The van der Waals surface area contributed by atoms with Crippen LogP contribution in [0.4, 0.5) is 0 Å². The molecular weight excluding hydrogens is 338 g/mol. The van der Waals surface area contributed by atoms with Crippen molar-refractivity contribution in [2.45, 2.75) is 38.6 Å². The number of nitrogens with two attached hydrogens (primary N) is 1. The summed E-state index contributed by atoms with van der Waals surface area (Å²) in [5.41, 5.74) is 5.28. The van der Waals surface area contributed by atoms with Crippen molar-refractivity contribution < 1.29 is 18.8 Å². The van der Waals surface area contributed by atoms with Crippen molar-refractivity contribution in [2.24, 2.45) is 11.1 Å². The van der Waals surface area contributed by atoms with E-state index in [4.69, 9.17) is 15.0 Å². The van der Waals surface area contributed by atoms with Crippen LogP contribution in [0.2, 0.25) is 0 Å². The number of ether oxygens (including phenoxy) is 1. The fourth-order valence-corrected chi connectivity index (χ4v) is 4.09. The third-order valence-corrected chi connectivity index (χ3v) is 5.31. The third-order valence-electron chi connectivity index (χ3n) is 5.31. The first-order valence-electron chi connectivity index (χ1n) is 9.13. The number of hydrogen-bond donors (Lipinski definition) is 1. The molecule has 0 aromatic carbocycles. The molecule has 1 aromatic heterocycles. The maximum Gasteiger partial charge on any atom is 0.290 e. The quantitative estimate of drug-likeness (QED) is 0.696. The lowest BCUT2D eigenvalue weighted by Gasteiger charge is -2.48. The van der Waals surface area contributed by atoms with E-state index in [0.717, 1.165) is 51.9 Å². The average Bonchev–Trinajstić information content (AvgIpc) is 3.07. The van der Waals surface area contributed by atoms with E-state index in [1.165, 1.54) is 0 Å². The monoisotopic (exact) mass is 365 g/mol. The SMILES string of the molecule is COCCCN1C[C@@]2(CCCN(Cc3nc(C(N)=O)no3)C2)CCC1=O. The molecule has 144 valence electrons. The first-order chi connectivity index (χ1) is 12.5. The van der Waals surface area contributed by atoms with E-state index in [2.05, 4.69) is 15.0 Å². The molecule has 0 saturated carbocycles. The van der Waals surface area contributed by atoms with Crippen LogP contribution < -0.4 is 5.73 Å². The molecule has 9 heteroatoms. The zero-order valence-corrected chi connectivity index (χ0v) is 15.3. The molecule has 1 atom stereocenters. The fraction of sp³-hybridized carbons (Fsp3) is 0.765. The second kappa shape index (κ2) is 8.13. The van der Waals surface area contributed by atoms with Gasteiger partial charge in [-0.25, -0.2) is 0 Å². The van der Waals surface area contributed by atoms with Gasteiger partial charge in [-0.05, 0) is 32.2 Å². The van der Waals surface area contributed by atoms with Crippen molar-refractivity contribution in [1.29, 1.82) is 0 Å². The predicted octanol–water partition coefficient (Wildman–Crippen LogP) is 0.410. The number of nitrogens with zero attached hydrogens (tertiary/aromatic N) is 4. The fourth-order valence-electron chi connectivity index (χ4n) is 4.09. The van der Waals surface area contributed by atoms with E-state index in [0.29, 0.717) is 25.5 Å². The summed E-state index contributed by atoms with van der Waals surface area (Å²) >= 11 is 0. The Labute approximate surface area is 152 Å². The number of hydrogen-bond acceptors (Lipinski definition) is 7. The van der Waals surface area contributed by atoms with Gasteiger partial charge >= 0.3 is 0 Å². The number of carbonyl (C=O) groups is 2. The van der Waals surface area contributed by atoms with Gasteiger partial charge in [-0.3, -0.25) is 14.5 Å². The number of aromatic nitrogens is 2. The summed E-state index contributed by atoms with van der Waals surface area (Å²) in [5, 5.41) is 3.60. The zero-order chi connectivity index (χ0) is 18.6. The Balaban J connectivity index is 1.60. The Morgan fingerprint density at radius 1 is 1.38 bits per heavy atom. The smallest absolute Gasteiger partial charge is 0.290 e. The van der Waals surface area contributed by atoms with Gasteiger partial charge in [-0.2, -0.15) is 4.98 Å². The second-order valence-corrected chi connectivity index (χ2v) is 7.35. The van der Waals surface area contributed by atoms with Crippen molar-refractivity contribution in [3.05, 3.63) is 11.7 Å². The third kappa shape index (κ3) is 4.39. The molecule has 2 aliphatic rings. The molecule has 2 aliphatic heterocycles. The second-order valence-electron chi connectivity index (χ2n) is 7.35. The lowest BCUT2D eigenvalue weighted by molar-refractivity contribution is -0.139. The molecule has 2 N–H and O–H groups in total. The van der Waals surface area contributed by atoms with Crippen LogP contribution >= 0.6 is 0 Å². The molecule has 0 radical (unpaired) electrons. The molecule has 2 amide bonds. The minimum absolute atomic E-state index is 0.0840. The minimum atomic E-state index is -0.687. The van der Waals surface area contributed by atoms with Crippen LogP contribution in [0.3, 0.4) is 0 Å². The zero-order valence-electron chi connectivity index (χ0n) is 15.3. The van der Waals surface area contributed by atoms with Gasteiger partial charge in [0, 0.05) is 45.2 Å². The summed E-state index contributed by atoms with van der Waals surface area (Å²) in [6.45, 7) is 4.54. The van der Waals surface area contributed by atoms with Gasteiger partial charge in [0.05, 0.1) is 6.54 Å². The number of likely N-dealkylation sites (tertiary alicyclic amines) is 2. The highest BCUT2D eigenvalue weighted by Gasteiger charge is 2.41. The first-order valence-corrected chi connectivity index (χ1v) is 9.13. The van der Waals surface area contributed by atoms with Crippen molar-refractivity contribution in [1.82, 2.24) is 19.9 Å². The maximum absolute atomic E-state index is 12.2. The minimum Gasteiger partial charge on any atom is -0.385 e. The van der Waals surface area contributed by atoms with Gasteiger partial charge in [0.15, 0.2) is 0 Å². The van der Waals surface area contributed by atoms with Gasteiger partial charge < -0.3 is 19.9 Å². The molecule has 1 spiro atoms. The van der Waals surface area contributed by atoms with Gasteiger partial charge in [-0.1, -0.05) is 5.16 Å². The number of rotatable bonds is 7. The van der Waals surface area contributed by atoms with E-state index < -0.39 is 5.91 Å². The van der Waals surface area contributed by atoms with Crippen LogP contribution in [-0.4, -0.2) is 71.7 Å². The van der Waals surface area contributed by atoms with Crippen molar-refractivity contribution in [3.8, 4) is 0 Å². The highest BCUT2D eigenvalue weighted by molar-refractivity contribution is 5.88. The van der Waals surface area contributed by atoms with E-state index in [9.17, 15) is 9.59 Å². The summed E-state index contributed by atoms with van der Waals surface area (Å²) in [5.74, 6) is -0.126. The molecule has 2 saturated heterocycles. The predicted molar refractivity (Wildman–Crippen MR) is 92.1 cm³/mol. The number of primary amides is 1. The first kappa shape index (κ1) is 18.8. The summed E-state index contributed by atoms with van der Waals surface area (Å²) in [6.07, 6.45) is 4.57. The Morgan fingerprint density at radius 3 is 2.96 bits per heavy atom. The Kier molecular flexibility index (Phi) is 5.87. The Bertz CT molecular complexity index is 649. The van der Waals surface area contributed by atoms with Crippen LogP contribution in [0.25, 0.3) is 0 Å². The number of amides is 2. The van der Waals surface area contributed by atoms with E-state index in [-0.39, 0.29) is 17.1 Å². The lowest BCUT2D eigenvalue weighted by atomic mass is 9.73. The van der Waals surface area contributed by atoms with Crippen molar-refractivity contribution in [3.63, 3.8) is 0 Å². The van der Waals surface area contributed by atoms with Crippen LogP contribution in [0.15, 0.2) is 4.52 Å². The number of methoxy groups -OCH3 is 1. The van der Waals surface area contributed by atoms with Crippen LogP contribution in [0, 0.1) is 5.41 Å².